The van der Waals surface area contributed by atoms with Crippen molar-refractivity contribution in [1.29, 1.82) is 0 Å². The molecule has 0 bridgehead atoms. The molecule has 3 aromatic rings. The summed E-state index contributed by atoms with van der Waals surface area (Å²) in [6.45, 7) is 0.842. The second kappa shape index (κ2) is 6.96. The van der Waals surface area contributed by atoms with Gasteiger partial charge in [-0.2, -0.15) is 5.10 Å². The lowest BCUT2D eigenvalue weighted by Crippen LogP contribution is -2.13. The molecule has 0 aliphatic carbocycles. The lowest BCUT2D eigenvalue weighted by Gasteiger charge is -2.16. The fraction of sp³-hybridized carbons (Fsp3) is 0.200. The molecule has 0 aliphatic heterocycles. The Kier molecular flexibility index (Phi) is 4.77. The topological polar surface area (TPSA) is 53.1 Å². The molecular weight excluding hydrogens is 325 g/mol. The number of benzene rings is 1. The van der Waals surface area contributed by atoms with Crippen molar-refractivity contribution in [2.45, 2.75) is 19.3 Å². The molecular formula is C15H13Cl2N3O2. The standard InChI is InChI=1S/C15H13Cl2N3O2/c16-12-4-3-11(13(17)6-12)8-22-15(14-2-1-5-21-14)7-20-10-18-9-19-20/h1-6,9-10,15H,7-8H2. The van der Waals surface area contributed by atoms with E-state index in [-0.39, 0.29) is 6.10 Å². The molecule has 0 aliphatic rings. The summed E-state index contributed by atoms with van der Waals surface area (Å²) >= 11 is 12.1. The first-order chi connectivity index (χ1) is 10.7. The fourth-order valence-corrected chi connectivity index (χ4v) is 2.49. The van der Waals surface area contributed by atoms with E-state index in [0.29, 0.717) is 23.2 Å². The van der Waals surface area contributed by atoms with Crippen LogP contribution in [0.1, 0.15) is 17.4 Å². The maximum absolute atomic E-state index is 6.17. The van der Waals surface area contributed by atoms with Crippen molar-refractivity contribution >= 4 is 23.2 Å². The summed E-state index contributed by atoms with van der Waals surface area (Å²) in [4.78, 5) is 3.93. The Labute approximate surface area is 137 Å². The van der Waals surface area contributed by atoms with Gasteiger partial charge in [0.05, 0.1) is 19.4 Å². The predicted molar refractivity (Wildman–Crippen MR) is 82.7 cm³/mol. The van der Waals surface area contributed by atoms with E-state index >= 15 is 0 Å². The Morgan fingerprint density at radius 2 is 2.18 bits per heavy atom. The first kappa shape index (κ1) is 15.1. The summed E-state index contributed by atoms with van der Waals surface area (Å²) in [5.74, 6) is 0.723. The van der Waals surface area contributed by atoms with E-state index in [2.05, 4.69) is 10.1 Å². The highest BCUT2D eigenvalue weighted by atomic mass is 35.5. The van der Waals surface area contributed by atoms with Crippen molar-refractivity contribution in [3.63, 3.8) is 0 Å². The van der Waals surface area contributed by atoms with Crippen LogP contribution in [0.4, 0.5) is 0 Å². The van der Waals surface area contributed by atoms with Crippen molar-refractivity contribution < 1.29 is 9.15 Å². The molecule has 0 amide bonds. The third-order valence-electron chi connectivity index (χ3n) is 3.14. The third kappa shape index (κ3) is 3.68. The van der Waals surface area contributed by atoms with Crippen LogP contribution in [0.5, 0.6) is 0 Å². The molecule has 114 valence electrons. The molecule has 0 saturated carbocycles. The van der Waals surface area contributed by atoms with Crippen LogP contribution in [0.15, 0.2) is 53.7 Å². The van der Waals surface area contributed by atoms with Crippen LogP contribution in [0.2, 0.25) is 10.0 Å². The van der Waals surface area contributed by atoms with Gasteiger partial charge in [-0.05, 0) is 29.8 Å². The van der Waals surface area contributed by atoms with E-state index in [1.165, 1.54) is 6.33 Å². The number of halogens is 2. The molecule has 0 saturated heterocycles. The van der Waals surface area contributed by atoms with Gasteiger partial charge in [0.1, 0.15) is 24.5 Å². The summed E-state index contributed by atoms with van der Waals surface area (Å²) < 4.78 is 13.1. The van der Waals surface area contributed by atoms with Gasteiger partial charge < -0.3 is 9.15 Å². The van der Waals surface area contributed by atoms with Crippen molar-refractivity contribution in [2.24, 2.45) is 0 Å². The summed E-state index contributed by atoms with van der Waals surface area (Å²) in [6, 6.07) is 9.01. The zero-order chi connectivity index (χ0) is 15.4. The van der Waals surface area contributed by atoms with E-state index < -0.39 is 0 Å². The number of furan rings is 1. The molecule has 22 heavy (non-hydrogen) atoms. The van der Waals surface area contributed by atoms with Crippen LogP contribution in [0.25, 0.3) is 0 Å². The lowest BCUT2D eigenvalue weighted by molar-refractivity contribution is 0.0118. The molecule has 0 N–H and O–H groups in total. The molecule has 2 aromatic heterocycles. The van der Waals surface area contributed by atoms with E-state index in [4.69, 9.17) is 32.4 Å². The monoisotopic (exact) mass is 337 g/mol. The minimum Gasteiger partial charge on any atom is -0.467 e. The second-order valence-electron chi connectivity index (χ2n) is 4.67. The highest BCUT2D eigenvalue weighted by Crippen LogP contribution is 2.25. The number of rotatable bonds is 6. The van der Waals surface area contributed by atoms with Crippen LogP contribution in [-0.4, -0.2) is 14.8 Å². The van der Waals surface area contributed by atoms with Crippen molar-refractivity contribution in [2.75, 3.05) is 0 Å². The predicted octanol–water partition coefficient (Wildman–Crippen LogP) is 4.14. The zero-order valence-corrected chi connectivity index (χ0v) is 13.0. The minimum absolute atomic E-state index is 0.288. The summed E-state index contributed by atoms with van der Waals surface area (Å²) in [5.41, 5.74) is 0.862. The summed E-state index contributed by atoms with van der Waals surface area (Å²) in [6.07, 6.45) is 4.44. The maximum Gasteiger partial charge on any atom is 0.137 e. The summed E-state index contributed by atoms with van der Waals surface area (Å²) in [5, 5.41) is 5.26. The van der Waals surface area contributed by atoms with Gasteiger partial charge in [-0.3, -0.25) is 0 Å². The van der Waals surface area contributed by atoms with Gasteiger partial charge in [-0.1, -0.05) is 29.3 Å². The quantitative estimate of drug-likeness (QED) is 0.678. The molecule has 1 aromatic carbocycles. The Bertz CT molecular complexity index is 714. The van der Waals surface area contributed by atoms with E-state index in [1.54, 1.807) is 29.4 Å². The Balaban J connectivity index is 1.72. The van der Waals surface area contributed by atoms with Gasteiger partial charge in [0.2, 0.25) is 0 Å². The fourth-order valence-electron chi connectivity index (χ4n) is 2.03. The van der Waals surface area contributed by atoms with Gasteiger partial charge in [0.25, 0.3) is 0 Å². The van der Waals surface area contributed by atoms with Gasteiger partial charge >= 0.3 is 0 Å². The Hall–Kier alpha value is -1.82. The number of aromatic nitrogens is 3. The van der Waals surface area contributed by atoms with Gasteiger partial charge in [0, 0.05) is 10.0 Å². The molecule has 0 fully saturated rings. The lowest BCUT2D eigenvalue weighted by atomic mass is 10.2. The van der Waals surface area contributed by atoms with Crippen LogP contribution < -0.4 is 0 Å². The highest BCUT2D eigenvalue weighted by Gasteiger charge is 2.17. The number of ether oxygens (including phenoxy) is 1. The second-order valence-corrected chi connectivity index (χ2v) is 5.51. The van der Waals surface area contributed by atoms with Gasteiger partial charge in [0.15, 0.2) is 0 Å². The molecule has 3 rings (SSSR count). The molecule has 7 heteroatoms. The van der Waals surface area contributed by atoms with Crippen molar-refractivity contribution in [3.05, 3.63) is 70.6 Å². The molecule has 0 spiro atoms. The van der Waals surface area contributed by atoms with Crippen molar-refractivity contribution in [3.8, 4) is 0 Å². The smallest absolute Gasteiger partial charge is 0.137 e. The molecule has 2 heterocycles. The van der Waals surface area contributed by atoms with E-state index in [1.807, 2.05) is 18.2 Å². The number of nitrogens with zero attached hydrogens (tertiary/aromatic N) is 3. The first-order valence-corrected chi connectivity index (χ1v) is 7.39. The van der Waals surface area contributed by atoms with Crippen LogP contribution >= 0.6 is 23.2 Å². The zero-order valence-electron chi connectivity index (χ0n) is 11.5. The molecule has 0 radical (unpaired) electrons. The van der Waals surface area contributed by atoms with Crippen molar-refractivity contribution in [1.82, 2.24) is 14.8 Å². The van der Waals surface area contributed by atoms with E-state index in [0.717, 1.165) is 11.3 Å². The average Bonchev–Trinajstić information content (AvgIpc) is 3.18. The highest BCUT2D eigenvalue weighted by molar-refractivity contribution is 6.35. The molecule has 5 nitrogen and oxygen atoms in total. The van der Waals surface area contributed by atoms with Crippen LogP contribution in [0, 0.1) is 0 Å². The minimum atomic E-state index is -0.288. The van der Waals surface area contributed by atoms with Gasteiger partial charge in [-0.25, -0.2) is 9.67 Å². The molecule has 1 unspecified atom stereocenters. The number of hydrogen-bond acceptors (Lipinski definition) is 4. The molecule has 1 atom stereocenters. The third-order valence-corrected chi connectivity index (χ3v) is 3.72. The SMILES string of the molecule is Clc1ccc(COC(Cn2cncn2)c2ccco2)c(Cl)c1. The average molecular weight is 338 g/mol. The Morgan fingerprint density at radius 3 is 2.86 bits per heavy atom. The largest absolute Gasteiger partial charge is 0.467 e. The Morgan fingerprint density at radius 1 is 1.27 bits per heavy atom. The summed E-state index contributed by atoms with van der Waals surface area (Å²) in [7, 11) is 0. The number of hydrogen-bond donors (Lipinski definition) is 0. The van der Waals surface area contributed by atoms with Crippen LogP contribution in [0.3, 0.4) is 0 Å². The van der Waals surface area contributed by atoms with Crippen LogP contribution in [-0.2, 0) is 17.9 Å². The first-order valence-electron chi connectivity index (χ1n) is 6.64. The van der Waals surface area contributed by atoms with E-state index in [9.17, 15) is 0 Å². The normalized spacial score (nSPS) is 12.5. The maximum atomic E-state index is 6.17. The van der Waals surface area contributed by atoms with Gasteiger partial charge in [-0.15, -0.1) is 0 Å².